The summed E-state index contributed by atoms with van der Waals surface area (Å²) >= 11 is 6.89. The molecule has 1 nitrogen and oxygen atoms in total. The quantitative estimate of drug-likeness (QED) is 0.783. The molecule has 0 aliphatic carbocycles. The predicted molar refractivity (Wildman–Crippen MR) is 86.3 cm³/mol. The lowest BCUT2D eigenvalue weighted by Crippen LogP contribution is -2.02. The number of hydrogen-bond acceptors (Lipinski definition) is 1. The van der Waals surface area contributed by atoms with E-state index in [4.69, 9.17) is 0 Å². The highest BCUT2D eigenvalue weighted by atomic mass is 79.9. The van der Waals surface area contributed by atoms with Crippen LogP contribution in [0, 0.1) is 0 Å². The number of aliphatic hydroxyl groups is 1. The molecule has 0 spiro atoms. The largest absolute Gasteiger partial charge is 0.388 e. The number of hydrogen-bond donors (Lipinski definition) is 1. The summed E-state index contributed by atoms with van der Waals surface area (Å²) in [5.74, 6) is 0. The average molecular weight is 384 g/mol. The Morgan fingerprint density at radius 1 is 0.947 bits per heavy atom. The Morgan fingerprint density at radius 2 is 1.58 bits per heavy atom. The molecule has 0 aliphatic rings. The van der Waals surface area contributed by atoms with Gasteiger partial charge in [0.1, 0.15) is 0 Å². The number of halogens is 2. The van der Waals surface area contributed by atoms with Crippen molar-refractivity contribution in [3.8, 4) is 0 Å². The summed E-state index contributed by atoms with van der Waals surface area (Å²) in [6.45, 7) is 2.14. The van der Waals surface area contributed by atoms with Crippen molar-refractivity contribution in [2.24, 2.45) is 0 Å². The van der Waals surface area contributed by atoms with Crippen molar-refractivity contribution < 1.29 is 5.11 Å². The van der Waals surface area contributed by atoms with Crippen molar-refractivity contribution in [2.45, 2.75) is 25.9 Å². The van der Waals surface area contributed by atoms with Gasteiger partial charge < -0.3 is 5.11 Å². The third-order valence-electron chi connectivity index (χ3n) is 3.19. The molecule has 0 saturated carbocycles. The van der Waals surface area contributed by atoms with Gasteiger partial charge in [0.2, 0.25) is 0 Å². The van der Waals surface area contributed by atoms with E-state index in [1.54, 1.807) is 0 Å². The highest BCUT2D eigenvalue weighted by molar-refractivity contribution is 9.13. The summed E-state index contributed by atoms with van der Waals surface area (Å²) in [6.07, 6.45) is 1.21. The Labute approximate surface area is 130 Å². The standard InChI is InChI=1S/C16H16Br2O/c1-2-11-3-5-12(6-4-11)9-16(19)13-7-8-14(17)15(18)10-13/h3-8,10,16,19H,2,9H2,1H3. The van der Waals surface area contributed by atoms with E-state index in [1.165, 1.54) is 5.56 Å². The molecule has 0 amide bonds. The molecule has 2 rings (SSSR count). The van der Waals surface area contributed by atoms with Crippen LogP contribution in [0.2, 0.25) is 0 Å². The third kappa shape index (κ3) is 3.91. The molecule has 100 valence electrons. The van der Waals surface area contributed by atoms with E-state index in [2.05, 4.69) is 63.0 Å². The molecule has 19 heavy (non-hydrogen) atoms. The molecule has 0 bridgehead atoms. The van der Waals surface area contributed by atoms with Crippen LogP contribution in [0.1, 0.15) is 29.7 Å². The SMILES string of the molecule is CCc1ccc(CC(O)c2ccc(Br)c(Br)c2)cc1. The minimum Gasteiger partial charge on any atom is -0.388 e. The molecule has 1 unspecified atom stereocenters. The summed E-state index contributed by atoms with van der Waals surface area (Å²) in [5.41, 5.74) is 3.41. The Hall–Kier alpha value is -0.640. The van der Waals surface area contributed by atoms with Crippen LogP contribution in [-0.2, 0) is 12.8 Å². The summed E-state index contributed by atoms with van der Waals surface area (Å²) in [6, 6.07) is 14.3. The van der Waals surface area contributed by atoms with Crippen molar-refractivity contribution in [2.75, 3.05) is 0 Å². The van der Waals surface area contributed by atoms with Gasteiger partial charge in [-0.25, -0.2) is 0 Å². The van der Waals surface area contributed by atoms with Crippen LogP contribution < -0.4 is 0 Å². The predicted octanol–water partition coefficient (Wildman–Crippen LogP) is 5.05. The lowest BCUT2D eigenvalue weighted by atomic mass is 10.0. The van der Waals surface area contributed by atoms with E-state index < -0.39 is 6.10 Å². The van der Waals surface area contributed by atoms with E-state index in [-0.39, 0.29) is 0 Å². The van der Waals surface area contributed by atoms with Gasteiger partial charge in [-0.3, -0.25) is 0 Å². The first-order chi connectivity index (χ1) is 9.10. The molecule has 0 radical (unpaired) electrons. The van der Waals surface area contributed by atoms with E-state index in [1.807, 2.05) is 18.2 Å². The lowest BCUT2D eigenvalue weighted by molar-refractivity contribution is 0.178. The van der Waals surface area contributed by atoms with E-state index >= 15 is 0 Å². The number of aryl methyl sites for hydroxylation is 1. The molecule has 2 aromatic rings. The van der Waals surface area contributed by atoms with Gasteiger partial charge in [-0.15, -0.1) is 0 Å². The molecule has 0 aliphatic heterocycles. The summed E-state index contributed by atoms with van der Waals surface area (Å²) in [4.78, 5) is 0. The van der Waals surface area contributed by atoms with Crippen LogP contribution in [0.15, 0.2) is 51.4 Å². The molecule has 1 atom stereocenters. The van der Waals surface area contributed by atoms with E-state index in [9.17, 15) is 5.11 Å². The van der Waals surface area contributed by atoms with Crippen molar-refractivity contribution >= 4 is 31.9 Å². The highest BCUT2D eigenvalue weighted by Gasteiger charge is 2.10. The Morgan fingerprint density at radius 3 is 2.16 bits per heavy atom. The first-order valence-corrected chi connectivity index (χ1v) is 7.89. The Kier molecular flexibility index (Phi) is 5.20. The molecule has 0 saturated heterocycles. The Balaban J connectivity index is 2.10. The summed E-state index contributed by atoms with van der Waals surface area (Å²) in [5, 5.41) is 10.3. The number of rotatable bonds is 4. The molecule has 2 aromatic carbocycles. The van der Waals surface area contributed by atoms with E-state index in [0.29, 0.717) is 6.42 Å². The van der Waals surface area contributed by atoms with Gasteiger partial charge in [-0.2, -0.15) is 0 Å². The highest BCUT2D eigenvalue weighted by Crippen LogP contribution is 2.27. The van der Waals surface area contributed by atoms with Crippen molar-refractivity contribution in [1.29, 1.82) is 0 Å². The lowest BCUT2D eigenvalue weighted by Gasteiger charge is -2.12. The first kappa shape index (κ1) is 14.8. The minimum absolute atomic E-state index is 0.475. The van der Waals surface area contributed by atoms with Crippen LogP contribution in [0.4, 0.5) is 0 Å². The molecule has 0 heterocycles. The third-order valence-corrected chi connectivity index (χ3v) is 5.07. The molecule has 0 fully saturated rings. The number of benzene rings is 2. The van der Waals surface area contributed by atoms with E-state index in [0.717, 1.165) is 26.5 Å². The summed E-state index contributed by atoms with van der Waals surface area (Å²) in [7, 11) is 0. The fourth-order valence-corrected chi connectivity index (χ4v) is 2.61. The van der Waals surface area contributed by atoms with Gasteiger partial charge in [0.25, 0.3) is 0 Å². The topological polar surface area (TPSA) is 20.2 Å². The van der Waals surface area contributed by atoms with Gasteiger partial charge in [0.15, 0.2) is 0 Å². The normalized spacial score (nSPS) is 12.4. The average Bonchev–Trinajstić information content (AvgIpc) is 2.42. The monoisotopic (exact) mass is 382 g/mol. The van der Waals surface area contributed by atoms with Crippen molar-refractivity contribution in [1.82, 2.24) is 0 Å². The second-order valence-corrected chi connectivity index (χ2v) is 6.27. The zero-order valence-corrected chi connectivity index (χ0v) is 13.9. The molecule has 1 N–H and O–H groups in total. The van der Waals surface area contributed by atoms with Gasteiger partial charge in [-0.1, -0.05) is 37.3 Å². The van der Waals surface area contributed by atoms with Gasteiger partial charge >= 0.3 is 0 Å². The zero-order chi connectivity index (χ0) is 13.8. The minimum atomic E-state index is -0.475. The molecular weight excluding hydrogens is 368 g/mol. The van der Waals surface area contributed by atoms with Crippen LogP contribution in [0.3, 0.4) is 0 Å². The van der Waals surface area contributed by atoms with Crippen molar-refractivity contribution in [3.05, 3.63) is 68.1 Å². The van der Waals surface area contributed by atoms with Crippen LogP contribution in [0.5, 0.6) is 0 Å². The molecule has 3 heteroatoms. The first-order valence-electron chi connectivity index (χ1n) is 6.31. The number of aliphatic hydroxyl groups excluding tert-OH is 1. The second-order valence-electron chi connectivity index (χ2n) is 4.56. The second kappa shape index (κ2) is 6.69. The fourth-order valence-electron chi connectivity index (χ4n) is 1.97. The van der Waals surface area contributed by atoms with Gasteiger partial charge in [-0.05, 0) is 67.1 Å². The maximum Gasteiger partial charge on any atom is 0.0830 e. The Bertz CT molecular complexity index is 549. The maximum absolute atomic E-state index is 10.3. The molecular formula is C16H16Br2O. The smallest absolute Gasteiger partial charge is 0.0830 e. The molecule has 0 aromatic heterocycles. The van der Waals surface area contributed by atoms with Crippen LogP contribution >= 0.6 is 31.9 Å². The zero-order valence-electron chi connectivity index (χ0n) is 10.7. The van der Waals surface area contributed by atoms with Gasteiger partial charge in [0, 0.05) is 15.4 Å². The fraction of sp³-hybridized carbons (Fsp3) is 0.250. The van der Waals surface area contributed by atoms with Crippen LogP contribution in [-0.4, -0.2) is 5.11 Å². The summed E-state index contributed by atoms with van der Waals surface area (Å²) < 4.78 is 1.96. The maximum atomic E-state index is 10.3. The van der Waals surface area contributed by atoms with Gasteiger partial charge in [0.05, 0.1) is 6.10 Å². The van der Waals surface area contributed by atoms with Crippen LogP contribution in [0.25, 0.3) is 0 Å². The van der Waals surface area contributed by atoms with Crippen molar-refractivity contribution in [3.63, 3.8) is 0 Å².